The first-order valence-electron chi connectivity index (χ1n) is 11.3. The topological polar surface area (TPSA) is 92.8 Å². The van der Waals surface area contributed by atoms with Crippen LogP contribution in [0.25, 0.3) is 0 Å². The Morgan fingerprint density at radius 2 is 1.79 bits per heavy atom. The molecule has 3 rings (SSSR count). The molecule has 0 aromatic heterocycles. The average molecular weight is 473 g/mol. The first kappa shape index (κ1) is 25.1. The minimum atomic E-state index is -3.86. The lowest BCUT2D eigenvalue weighted by molar-refractivity contribution is -0.125. The molecule has 8 heteroatoms. The van der Waals surface area contributed by atoms with E-state index < -0.39 is 16.1 Å². The fraction of sp³-hybridized carbons (Fsp3) is 0.440. The van der Waals surface area contributed by atoms with Gasteiger partial charge in [-0.2, -0.15) is 4.31 Å². The number of hydrogen-bond acceptors (Lipinski definition) is 5. The highest BCUT2D eigenvalue weighted by Gasteiger charge is 2.37. The second-order valence-corrected chi connectivity index (χ2v) is 10.5. The molecule has 1 atom stereocenters. The van der Waals surface area contributed by atoms with Gasteiger partial charge >= 0.3 is 0 Å². The van der Waals surface area contributed by atoms with Crippen molar-refractivity contribution in [1.29, 1.82) is 0 Å². The number of nitrogens with one attached hydrogen (secondary N) is 1. The second kappa shape index (κ2) is 11.0. The molecule has 1 saturated heterocycles. The zero-order valence-corrected chi connectivity index (χ0v) is 20.2. The summed E-state index contributed by atoms with van der Waals surface area (Å²) in [6.45, 7) is 6.48. The minimum Gasteiger partial charge on any atom is -0.374 e. The summed E-state index contributed by atoms with van der Waals surface area (Å²) < 4.78 is 33.5. The fourth-order valence-corrected chi connectivity index (χ4v) is 5.51. The molecular weight excluding hydrogens is 440 g/mol. The van der Waals surface area contributed by atoms with Crippen LogP contribution >= 0.6 is 0 Å². The number of carbonyl (C=O) groups excluding carboxylic acids is 2. The van der Waals surface area contributed by atoms with Crippen LogP contribution in [0.4, 0.5) is 0 Å². The summed E-state index contributed by atoms with van der Waals surface area (Å²) in [6.07, 6.45) is 2.09. The molecule has 1 heterocycles. The number of amides is 1. The standard InChI is InChI=1S/C25H32N2O5S/c1-18(2)32-17-21-8-6-7-20(15-21)16-26-25(29)24-9-4-5-14-27(24)33(30,31)23-12-10-22(11-13-23)19(3)28/h6-8,10-13,15,18,24H,4-5,9,14,16-17H2,1-3H3,(H,26,29). The Bertz CT molecular complexity index is 1080. The maximum atomic E-state index is 13.3. The number of Topliss-reactive ketones (excluding diaryl/α,β-unsaturated/α-hetero) is 1. The maximum Gasteiger partial charge on any atom is 0.243 e. The molecule has 1 aliphatic heterocycles. The van der Waals surface area contributed by atoms with Crippen molar-refractivity contribution >= 4 is 21.7 Å². The Kier molecular flexibility index (Phi) is 8.40. The number of ether oxygens (including phenoxy) is 1. The molecule has 0 radical (unpaired) electrons. The Balaban J connectivity index is 1.70. The van der Waals surface area contributed by atoms with E-state index in [4.69, 9.17) is 4.74 Å². The van der Waals surface area contributed by atoms with E-state index in [1.165, 1.54) is 35.5 Å². The van der Waals surface area contributed by atoms with E-state index in [-0.39, 0.29) is 29.2 Å². The summed E-state index contributed by atoms with van der Waals surface area (Å²) in [5.74, 6) is -0.434. The molecule has 1 aliphatic rings. The Labute approximate surface area is 196 Å². The molecule has 0 bridgehead atoms. The molecule has 0 saturated carbocycles. The summed E-state index contributed by atoms with van der Waals surface area (Å²) in [4.78, 5) is 24.6. The van der Waals surface area contributed by atoms with Crippen LogP contribution in [0.3, 0.4) is 0 Å². The maximum absolute atomic E-state index is 13.3. The third-order valence-corrected chi connectivity index (χ3v) is 7.59. The van der Waals surface area contributed by atoms with Crippen molar-refractivity contribution in [1.82, 2.24) is 9.62 Å². The number of hydrogen-bond donors (Lipinski definition) is 1. The van der Waals surface area contributed by atoms with Crippen molar-refractivity contribution in [2.45, 2.75) is 70.2 Å². The van der Waals surface area contributed by atoms with Crippen LogP contribution in [0.15, 0.2) is 53.4 Å². The van der Waals surface area contributed by atoms with Gasteiger partial charge in [-0.3, -0.25) is 9.59 Å². The summed E-state index contributed by atoms with van der Waals surface area (Å²) in [5.41, 5.74) is 2.40. The van der Waals surface area contributed by atoms with Crippen LogP contribution in [0, 0.1) is 0 Å². The third-order valence-electron chi connectivity index (χ3n) is 5.67. The van der Waals surface area contributed by atoms with Crippen LogP contribution in [-0.2, 0) is 32.7 Å². The first-order valence-corrected chi connectivity index (χ1v) is 12.7. The summed E-state index contributed by atoms with van der Waals surface area (Å²) >= 11 is 0. The molecule has 2 aromatic carbocycles. The van der Waals surface area contributed by atoms with Gasteiger partial charge in [-0.1, -0.05) is 42.8 Å². The lowest BCUT2D eigenvalue weighted by Gasteiger charge is -2.33. The minimum absolute atomic E-state index is 0.0880. The second-order valence-electron chi connectivity index (χ2n) is 8.61. The van der Waals surface area contributed by atoms with Crippen LogP contribution in [0.2, 0.25) is 0 Å². The van der Waals surface area contributed by atoms with Crippen LogP contribution in [-0.4, -0.2) is 43.1 Å². The van der Waals surface area contributed by atoms with Gasteiger partial charge in [0.15, 0.2) is 5.78 Å². The molecular formula is C25H32N2O5S. The van der Waals surface area contributed by atoms with Gasteiger partial charge in [-0.25, -0.2) is 8.42 Å². The van der Waals surface area contributed by atoms with Crippen molar-refractivity contribution in [2.24, 2.45) is 0 Å². The van der Waals surface area contributed by atoms with Gasteiger partial charge in [0.1, 0.15) is 6.04 Å². The number of benzene rings is 2. The van der Waals surface area contributed by atoms with Crippen LogP contribution in [0.5, 0.6) is 0 Å². The van der Waals surface area contributed by atoms with Gasteiger partial charge < -0.3 is 10.1 Å². The van der Waals surface area contributed by atoms with E-state index >= 15 is 0 Å². The molecule has 33 heavy (non-hydrogen) atoms. The molecule has 1 amide bonds. The van der Waals surface area contributed by atoms with E-state index in [9.17, 15) is 18.0 Å². The molecule has 0 spiro atoms. The number of ketones is 1. The van der Waals surface area contributed by atoms with Crippen molar-refractivity contribution < 1.29 is 22.7 Å². The highest BCUT2D eigenvalue weighted by Crippen LogP contribution is 2.26. The van der Waals surface area contributed by atoms with Gasteiger partial charge in [0.25, 0.3) is 0 Å². The van der Waals surface area contributed by atoms with Gasteiger partial charge in [0.05, 0.1) is 17.6 Å². The largest absolute Gasteiger partial charge is 0.374 e. The molecule has 1 fully saturated rings. The highest BCUT2D eigenvalue weighted by atomic mass is 32.2. The van der Waals surface area contributed by atoms with Crippen LogP contribution in [0.1, 0.15) is 61.5 Å². The fourth-order valence-electron chi connectivity index (χ4n) is 3.85. The lowest BCUT2D eigenvalue weighted by atomic mass is 10.0. The average Bonchev–Trinajstić information content (AvgIpc) is 2.81. The summed E-state index contributed by atoms with van der Waals surface area (Å²) in [6, 6.07) is 12.9. The molecule has 2 aromatic rings. The molecule has 7 nitrogen and oxygen atoms in total. The number of rotatable bonds is 9. The third kappa shape index (κ3) is 6.50. The van der Waals surface area contributed by atoms with Crippen molar-refractivity contribution in [3.8, 4) is 0 Å². The summed E-state index contributed by atoms with van der Waals surface area (Å²) in [5, 5.41) is 2.91. The molecule has 0 aliphatic carbocycles. The molecule has 1 N–H and O–H groups in total. The molecule has 1 unspecified atom stereocenters. The van der Waals surface area contributed by atoms with Gasteiger partial charge in [-0.05, 0) is 56.9 Å². The van der Waals surface area contributed by atoms with E-state index in [1.54, 1.807) is 0 Å². The highest BCUT2D eigenvalue weighted by molar-refractivity contribution is 7.89. The first-order chi connectivity index (χ1) is 15.7. The van der Waals surface area contributed by atoms with Crippen LogP contribution < -0.4 is 5.32 Å². The van der Waals surface area contributed by atoms with Crippen molar-refractivity contribution in [2.75, 3.05) is 6.54 Å². The van der Waals surface area contributed by atoms with E-state index in [2.05, 4.69) is 5.32 Å². The number of nitrogens with zero attached hydrogens (tertiary/aromatic N) is 1. The monoisotopic (exact) mass is 472 g/mol. The predicted molar refractivity (Wildman–Crippen MR) is 126 cm³/mol. The van der Waals surface area contributed by atoms with E-state index in [0.717, 1.165) is 17.5 Å². The van der Waals surface area contributed by atoms with Gasteiger partial charge in [0, 0.05) is 18.7 Å². The Hall–Kier alpha value is -2.55. The SMILES string of the molecule is CC(=O)c1ccc(S(=O)(=O)N2CCCCC2C(=O)NCc2cccc(COC(C)C)c2)cc1. The van der Waals surface area contributed by atoms with Gasteiger partial charge in [-0.15, -0.1) is 0 Å². The summed E-state index contributed by atoms with van der Waals surface area (Å²) in [7, 11) is -3.86. The Morgan fingerprint density at radius 1 is 1.09 bits per heavy atom. The quantitative estimate of drug-likeness (QED) is 0.562. The van der Waals surface area contributed by atoms with Crippen molar-refractivity contribution in [3.05, 3.63) is 65.2 Å². The zero-order chi connectivity index (χ0) is 24.0. The van der Waals surface area contributed by atoms with E-state index in [0.29, 0.717) is 31.6 Å². The van der Waals surface area contributed by atoms with E-state index in [1.807, 2.05) is 38.1 Å². The zero-order valence-electron chi connectivity index (χ0n) is 19.4. The normalized spacial score (nSPS) is 17.2. The lowest BCUT2D eigenvalue weighted by Crippen LogP contribution is -2.51. The number of carbonyl (C=O) groups is 2. The van der Waals surface area contributed by atoms with Gasteiger partial charge in [0.2, 0.25) is 15.9 Å². The molecule has 178 valence electrons. The number of sulfonamides is 1. The van der Waals surface area contributed by atoms with Crippen molar-refractivity contribution in [3.63, 3.8) is 0 Å². The smallest absolute Gasteiger partial charge is 0.243 e. The Morgan fingerprint density at radius 3 is 2.45 bits per heavy atom. The predicted octanol–water partition coefficient (Wildman–Crippen LogP) is 3.67. The number of piperidine rings is 1.